The molecular weight excluding hydrogens is 460 g/mol. The number of anilines is 1. The molecule has 0 saturated carbocycles. The van der Waals surface area contributed by atoms with Gasteiger partial charge in [-0.25, -0.2) is 4.57 Å². The van der Waals surface area contributed by atoms with Crippen LogP contribution in [0.2, 0.25) is 0 Å². The van der Waals surface area contributed by atoms with E-state index < -0.39 is 0 Å². The molecule has 0 aliphatic carbocycles. The molecule has 0 aliphatic heterocycles. The monoisotopic (exact) mass is 512 g/mol. The molecule has 0 N–H and O–H groups in total. The Kier molecular flexibility index (Phi) is 19.1. The molecule has 0 bridgehead atoms. The van der Waals surface area contributed by atoms with E-state index in [1.807, 2.05) is 0 Å². The number of nitrogens with zero attached hydrogens (tertiary/aromatic N) is 2. The molecule has 1 aromatic heterocycles. The van der Waals surface area contributed by atoms with Crippen molar-refractivity contribution in [3.8, 4) is 0 Å². The lowest BCUT2D eigenvalue weighted by Gasteiger charge is -2.13. The van der Waals surface area contributed by atoms with Crippen molar-refractivity contribution in [3.63, 3.8) is 0 Å². The Bertz CT molecular complexity index is 770. The van der Waals surface area contributed by atoms with Gasteiger partial charge in [0.05, 0.1) is 0 Å². The molecule has 1 heterocycles. The highest BCUT2D eigenvalue weighted by Crippen LogP contribution is 2.21. The maximum absolute atomic E-state index is 2.48. The van der Waals surface area contributed by atoms with Gasteiger partial charge in [0.15, 0.2) is 12.4 Å². The molecule has 3 heteroatoms. The SMILES string of the molecule is CCCCCCCCCCCCCCC(C=Cc1ccc(N(C)C)cc1)CCC[n+]1ccccc1.[Cl-]. The molecule has 2 nitrogen and oxygen atoms in total. The summed E-state index contributed by atoms with van der Waals surface area (Å²) in [5.41, 5.74) is 2.57. The predicted molar refractivity (Wildman–Crippen MR) is 155 cm³/mol. The number of aromatic nitrogens is 1. The van der Waals surface area contributed by atoms with Gasteiger partial charge in [-0.15, -0.1) is 0 Å². The number of aryl methyl sites for hydroxylation is 1. The number of hydrogen-bond donors (Lipinski definition) is 0. The van der Waals surface area contributed by atoms with Gasteiger partial charge in [0, 0.05) is 38.3 Å². The first-order valence-corrected chi connectivity index (χ1v) is 14.6. The van der Waals surface area contributed by atoms with Crippen molar-refractivity contribution in [3.05, 3.63) is 66.5 Å². The number of hydrogen-bond acceptors (Lipinski definition) is 1. The minimum Gasteiger partial charge on any atom is -1.00 e. The second-order valence-corrected chi connectivity index (χ2v) is 10.5. The van der Waals surface area contributed by atoms with Crippen LogP contribution in [0, 0.1) is 5.92 Å². The van der Waals surface area contributed by atoms with Crippen LogP contribution in [0.3, 0.4) is 0 Å². The van der Waals surface area contributed by atoms with Crippen molar-refractivity contribution >= 4 is 11.8 Å². The first kappa shape index (κ1) is 32.2. The second kappa shape index (κ2) is 21.3. The van der Waals surface area contributed by atoms with E-state index in [1.165, 1.54) is 108 Å². The summed E-state index contributed by atoms with van der Waals surface area (Å²) in [6, 6.07) is 15.3. The summed E-state index contributed by atoms with van der Waals surface area (Å²) in [5.74, 6) is 0.677. The topological polar surface area (TPSA) is 7.12 Å². The maximum Gasteiger partial charge on any atom is 0.168 e. The van der Waals surface area contributed by atoms with E-state index in [9.17, 15) is 0 Å². The van der Waals surface area contributed by atoms with Crippen LogP contribution in [0.1, 0.15) is 109 Å². The zero-order valence-corrected chi connectivity index (χ0v) is 24.3. The normalized spacial score (nSPS) is 12.0. The largest absolute Gasteiger partial charge is 1.00 e. The Morgan fingerprint density at radius 3 is 1.78 bits per heavy atom. The third kappa shape index (κ3) is 15.3. The highest BCUT2D eigenvalue weighted by molar-refractivity contribution is 5.55. The third-order valence-corrected chi connectivity index (χ3v) is 7.17. The van der Waals surface area contributed by atoms with Crippen molar-refractivity contribution in [2.45, 2.75) is 110 Å². The predicted octanol–water partition coefficient (Wildman–Crippen LogP) is 6.25. The average Bonchev–Trinajstić information content (AvgIpc) is 2.88. The van der Waals surface area contributed by atoms with Crippen LogP contribution in [-0.4, -0.2) is 14.1 Å². The van der Waals surface area contributed by atoms with Crippen LogP contribution >= 0.6 is 0 Å². The molecular formula is C33H53ClN2. The van der Waals surface area contributed by atoms with Gasteiger partial charge in [-0.05, 0) is 36.5 Å². The minimum atomic E-state index is 0. The minimum absolute atomic E-state index is 0. The van der Waals surface area contributed by atoms with E-state index in [-0.39, 0.29) is 12.4 Å². The van der Waals surface area contributed by atoms with Crippen molar-refractivity contribution in [2.24, 2.45) is 5.92 Å². The Morgan fingerprint density at radius 2 is 1.22 bits per heavy atom. The summed E-state index contributed by atoms with van der Waals surface area (Å²) in [6.07, 6.45) is 30.1. The zero-order chi connectivity index (χ0) is 25.0. The maximum atomic E-state index is 2.48. The summed E-state index contributed by atoms with van der Waals surface area (Å²) in [6.45, 7) is 3.41. The van der Waals surface area contributed by atoms with Crippen LogP contribution < -0.4 is 21.9 Å². The Hall–Kier alpha value is -1.80. The summed E-state index contributed by atoms with van der Waals surface area (Å²) in [4.78, 5) is 2.16. The van der Waals surface area contributed by atoms with Gasteiger partial charge in [0.1, 0.15) is 6.54 Å². The van der Waals surface area contributed by atoms with Crippen molar-refractivity contribution in [1.82, 2.24) is 0 Å². The summed E-state index contributed by atoms with van der Waals surface area (Å²) in [7, 11) is 4.19. The molecule has 0 radical (unpaired) electrons. The first-order chi connectivity index (χ1) is 17.2. The summed E-state index contributed by atoms with van der Waals surface area (Å²) in [5, 5.41) is 0. The van der Waals surface area contributed by atoms with Crippen LogP contribution in [0.25, 0.3) is 6.08 Å². The van der Waals surface area contributed by atoms with E-state index in [1.54, 1.807) is 0 Å². The number of rotatable bonds is 20. The Morgan fingerprint density at radius 1 is 0.694 bits per heavy atom. The highest BCUT2D eigenvalue weighted by atomic mass is 35.5. The Balaban J connectivity index is 0.00000648. The smallest absolute Gasteiger partial charge is 0.168 e. The number of benzene rings is 1. The molecule has 0 amide bonds. The molecule has 2 aromatic rings. The quantitative estimate of drug-likeness (QED) is 0.150. The molecule has 0 fully saturated rings. The van der Waals surface area contributed by atoms with Crippen LogP contribution in [0.4, 0.5) is 5.69 Å². The van der Waals surface area contributed by atoms with Crippen molar-refractivity contribution < 1.29 is 17.0 Å². The van der Waals surface area contributed by atoms with Gasteiger partial charge in [-0.1, -0.05) is 114 Å². The van der Waals surface area contributed by atoms with Gasteiger partial charge in [-0.2, -0.15) is 0 Å². The van der Waals surface area contributed by atoms with E-state index in [2.05, 4.69) is 97.5 Å². The van der Waals surface area contributed by atoms with Crippen LogP contribution in [0.5, 0.6) is 0 Å². The average molecular weight is 513 g/mol. The fraction of sp³-hybridized carbons (Fsp3) is 0.606. The third-order valence-electron chi connectivity index (χ3n) is 7.17. The number of allylic oxidation sites excluding steroid dienone is 1. The molecule has 1 unspecified atom stereocenters. The number of unbranched alkanes of at least 4 members (excludes halogenated alkanes) is 11. The van der Waals surface area contributed by atoms with E-state index in [0.29, 0.717) is 5.92 Å². The lowest BCUT2D eigenvalue weighted by molar-refractivity contribution is -0.697. The number of halogens is 1. The molecule has 0 saturated heterocycles. The van der Waals surface area contributed by atoms with Gasteiger partial charge in [-0.3, -0.25) is 0 Å². The van der Waals surface area contributed by atoms with Crippen molar-refractivity contribution in [1.29, 1.82) is 0 Å². The van der Waals surface area contributed by atoms with E-state index in [0.717, 1.165) is 6.54 Å². The lowest BCUT2D eigenvalue weighted by Crippen LogP contribution is -3.00. The molecule has 2 rings (SSSR count). The molecule has 36 heavy (non-hydrogen) atoms. The van der Waals surface area contributed by atoms with E-state index in [4.69, 9.17) is 0 Å². The van der Waals surface area contributed by atoms with Gasteiger partial charge >= 0.3 is 0 Å². The summed E-state index contributed by atoms with van der Waals surface area (Å²) < 4.78 is 2.31. The standard InChI is InChI=1S/C33H53N2.ClH/c1-4-5-6-7-8-9-10-11-12-13-14-16-20-31(21-19-30-35-28-17-15-18-29-35)22-23-32-24-26-33(27-25-32)34(2)3;/h15,17-18,22-29,31H,4-14,16,19-21,30H2,1-3H3;1H/q+1;/p-1. The van der Waals surface area contributed by atoms with Crippen LogP contribution in [-0.2, 0) is 6.54 Å². The zero-order valence-electron chi connectivity index (χ0n) is 23.5. The fourth-order valence-corrected chi connectivity index (χ4v) is 4.83. The molecule has 0 aliphatic rings. The van der Waals surface area contributed by atoms with Gasteiger partial charge in [0.2, 0.25) is 0 Å². The highest BCUT2D eigenvalue weighted by Gasteiger charge is 2.08. The summed E-state index contributed by atoms with van der Waals surface area (Å²) >= 11 is 0. The number of pyridine rings is 1. The van der Waals surface area contributed by atoms with Gasteiger partial charge < -0.3 is 17.3 Å². The van der Waals surface area contributed by atoms with E-state index >= 15 is 0 Å². The fourth-order valence-electron chi connectivity index (χ4n) is 4.83. The van der Waals surface area contributed by atoms with Gasteiger partial charge in [0.25, 0.3) is 0 Å². The molecule has 1 atom stereocenters. The first-order valence-electron chi connectivity index (χ1n) is 14.6. The Labute approximate surface area is 229 Å². The molecule has 202 valence electrons. The van der Waals surface area contributed by atoms with Crippen molar-refractivity contribution in [2.75, 3.05) is 19.0 Å². The van der Waals surface area contributed by atoms with Crippen LogP contribution in [0.15, 0.2) is 60.9 Å². The molecule has 0 spiro atoms. The second-order valence-electron chi connectivity index (χ2n) is 10.5. The lowest BCUT2D eigenvalue weighted by atomic mass is 9.94. The molecule has 1 aromatic carbocycles.